The van der Waals surface area contributed by atoms with Gasteiger partial charge in [0.15, 0.2) is 0 Å². The van der Waals surface area contributed by atoms with Gasteiger partial charge in [0.05, 0.1) is 6.20 Å². The number of aryl methyl sites for hydroxylation is 1. The Hall–Kier alpha value is -1.47. The standard InChI is InChI=1S/C21H30N4O2S/c1-16(26)23-8-6-21(7-9-23)5-4-17-14-20(22-15-19(17)27-21)24-10-12-25(13-11-24)28-18-2-3-18/h14-15,18H,2-13H2,1H3. The summed E-state index contributed by atoms with van der Waals surface area (Å²) >= 11 is 2.06. The van der Waals surface area contributed by atoms with Crippen LogP contribution in [-0.2, 0) is 11.2 Å². The number of nitrogens with zero attached hydrogens (tertiary/aromatic N) is 4. The number of piperazine rings is 1. The maximum absolute atomic E-state index is 11.6. The Morgan fingerprint density at radius 3 is 2.57 bits per heavy atom. The Kier molecular flexibility index (Phi) is 4.91. The van der Waals surface area contributed by atoms with Gasteiger partial charge >= 0.3 is 0 Å². The molecule has 1 aliphatic carbocycles. The second kappa shape index (κ2) is 7.41. The van der Waals surface area contributed by atoms with E-state index in [1.54, 1.807) is 6.92 Å². The summed E-state index contributed by atoms with van der Waals surface area (Å²) in [6.07, 6.45) is 8.66. The van der Waals surface area contributed by atoms with Crippen LogP contribution >= 0.6 is 11.9 Å². The molecule has 2 saturated heterocycles. The van der Waals surface area contributed by atoms with Gasteiger partial charge in [0.2, 0.25) is 5.91 Å². The van der Waals surface area contributed by atoms with Crippen LogP contribution in [0.4, 0.5) is 5.82 Å². The second-order valence-corrected chi connectivity index (χ2v) is 10.1. The number of aromatic nitrogens is 1. The van der Waals surface area contributed by atoms with Gasteiger partial charge < -0.3 is 14.5 Å². The maximum Gasteiger partial charge on any atom is 0.219 e. The first kappa shape index (κ1) is 18.6. The van der Waals surface area contributed by atoms with Crippen molar-refractivity contribution in [3.05, 3.63) is 17.8 Å². The molecule has 0 N–H and O–H groups in total. The first-order valence-electron chi connectivity index (χ1n) is 10.7. The first-order chi connectivity index (χ1) is 13.6. The van der Waals surface area contributed by atoms with Gasteiger partial charge in [-0.3, -0.25) is 4.79 Å². The van der Waals surface area contributed by atoms with Crippen molar-refractivity contribution in [1.82, 2.24) is 14.2 Å². The predicted octanol–water partition coefficient (Wildman–Crippen LogP) is 2.72. The number of piperidine rings is 1. The Balaban J connectivity index is 1.21. The predicted molar refractivity (Wildman–Crippen MR) is 112 cm³/mol. The molecule has 152 valence electrons. The smallest absolute Gasteiger partial charge is 0.219 e. The second-order valence-electron chi connectivity index (χ2n) is 8.66. The number of pyridine rings is 1. The fraction of sp³-hybridized carbons (Fsp3) is 0.714. The summed E-state index contributed by atoms with van der Waals surface area (Å²) in [7, 11) is 0. The summed E-state index contributed by atoms with van der Waals surface area (Å²) in [6, 6.07) is 2.25. The summed E-state index contributed by atoms with van der Waals surface area (Å²) in [6.45, 7) is 7.61. The summed E-state index contributed by atoms with van der Waals surface area (Å²) in [5.74, 6) is 2.22. The van der Waals surface area contributed by atoms with Gasteiger partial charge in [-0.25, -0.2) is 9.29 Å². The lowest BCUT2D eigenvalue weighted by molar-refractivity contribution is -0.132. The van der Waals surface area contributed by atoms with Crippen LogP contribution in [0.3, 0.4) is 0 Å². The molecule has 3 aliphatic heterocycles. The van der Waals surface area contributed by atoms with Crippen LogP contribution < -0.4 is 9.64 Å². The lowest BCUT2D eigenvalue weighted by Crippen LogP contribution is -2.50. The largest absolute Gasteiger partial charge is 0.485 e. The molecule has 0 radical (unpaired) electrons. The highest BCUT2D eigenvalue weighted by Crippen LogP contribution is 2.40. The fourth-order valence-electron chi connectivity index (χ4n) is 4.57. The van der Waals surface area contributed by atoms with E-state index in [9.17, 15) is 4.79 Å². The van der Waals surface area contributed by atoms with Gasteiger partial charge in [-0.15, -0.1) is 0 Å². The van der Waals surface area contributed by atoms with Crippen molar-refractivity contribution in [3.8, 4) is 5.75 Å². The van der Waals surface area contributed by atoms with Gasteiger partial charge in [0.25, 0.3) is 0 Å². The number of hydrogen-bond acceptors (Lipinski definition) is 6. The number of anilines is 1. The molecule has 3 fully saturated rings. The minimum atomic E-state index is -0.103. The van der Waals surface area contributed by atoms with E-state index in [2.05, 4.69) is 27.2 Å². The third kappa shape index (κ3) is 3.83. The van der Waals surface area contributed by atoms with Crippen LogP contribution in [0.1, 0.15) is 44.6 Å². The minimum Gasteiger partial charge on any atom is -0.485 e. The van der Waals surface area contributed by atoms with Gasteiger partial charge in [-0.05, 0) is 37.3 Å². The molecule has 5 rings (SSSR count). The lowest BCUT2D eigenvalue weighted by atomic mass is 9.83. The molecule has 0 atom stereocenters. The van der Waals surface area contributed by atoms with Gasteiger partial charge in [-0.1, -0.05) is 11.9 Å². The van der Waals surface area contributed by atoms with Crippen molar-refractivity contribution in [2.45, 2.75) is 56.3 Å². The van der Waals surface area contributed by atoms with E-state index in [1.165, 1.54) is 18.4 Å². The maximum atomic E-state index is 11.6. The van der Waals surface area contributed by atoms with Crippen LogP contribution in [0.15, 0.2) is 12.3 Å². The molecule has 0 unspecified atom stereocenters. The monoisotopic (exact) mass is 402 g/mol. The Morgan fingerprint density at radius 1 is 1.14 bits per heavy atom. The molecule has 1 aromatic rings. The number of amides is 1. The SMILES string of the molecule is CC(=O)N1CCC2(CCc3cc(N4CCN(SC5CC5)CC4)ncc3O2)CC1. The molecule has 4 heterocycles. The van der Waals surface area contributed by atoms with E-state index >= 15 is 0 Å². The molecule has 28 heavy (non-hydrogen) atoms. The van der Waals surface area contributed by atoms with Gasteiger partial charge in [-0.2, -0.15) is 0 Å². The Labute approximate surface area is 171 Å². The van der Waals surface area contributed by atoms with Crippen LogP contribution in [-0.4, -0.2) is 70.2 Å². The molecular weight excluding hydrogens is 372 g/mol. The zero-order chi connectivity index (χ0) is 19.1. The van der Waals surface area contributed by atoms with E-state index in [1.807, 2.05) is 11.1 Å². The molecular formula is C21H30N4O2S. The number of rotatable bonds is 3. The highest BCUT2D eigenvalue weighted by atomic mass is 32.2. The van der Waals surface area contributed by atoms with Crippen molar-refractivity contribution < 1.29 is 9.53 Å². The number of ether oxygens (including phenoxy) is 1. The average Bonchev–Trinajstić information content (AvgIpc) is 3.53. The van der Waals surface area contributed by atoms with Gasteiger partial charge in [0.1, 0.15) is 17.2 Å². The van der Waals surface area contributed by atoms with Crippen LogP contribution in [0, 0.1) is 0 Å². The molecule has 1 saturated carbocycles. The minimum absolute atomic E-state index is 0.103. The molecule has 7 heteroatoms. The quantitative estimate of drug-likeness (QED) is 0.725. The number of fused-ring (bicyclic) bond motifs is 1. The van der Waals surface area contributed by atoms with Crippen molar-refractivity contribution in [2.75, 3.05) is 44.2 Å². The molecule has 1 spiro atoms. The lowest BCUT2D eigenvalue weighted by Gasteiger charge is -2.44. The molecule has 6 nitrogen and oxygen atoms in total. The normalized spacial score (nSPS) is 24.8. The summed E-state index contributed by atoms with van der Waals surface area (Å²) in [5, 5.41) is 0.889. The van der Waals surface area contributed by atoms with E-state index in [4.69, 9.17) is 9.72 Å². The molecule has 1 aromatic heterocycles. The third-order valence-electron chi connectivity index (χ3n) is 6.62. The number of likely N-dealkylation sites (tertiary alicyclic amines) is 1. The summed E-state index contributed by atoms with van der Waals surface area (Å²) in [5.41, 5.74) is 1.19. The summed E-state index contributed by atoms with van der Waals surface area (Å²) < 4.78 is 9.00. The fourth-order valence-corrected chi connectivity index (χ4v) is 5.71. The van der Waals surface area contributed by atoms with E-state index in [0.717, 1.165) is 81.8 Å². The summed E-state index contributed by atoms with van der Waals surface area (Å²) in [4.78, 5) is 20.7. The molecule has 0 bridgehead atoms. The number of carbonyl (C=O) groups excluding carboxylic acids is 1. The highest BCUT2D eigenvalue weighted by Gasteiger charge is 2.40. The number of carbonyl (C=O) groups is 1. The van der Waals surface area contributed by atoms with Gasteiger partial charge in [0, 0.05) is 64.3 Å². The molecule has 0 aromatic carbocycles. The molecule has 4 aliphatic rings. The average molecular weight is 403 g/mol. The highest BCUT2D eigenvalue weighted by molar-refractivity contribution is 7.97. The zero-order valence-electron chi connectivity index (χ0n) is 16.7. The zero-order valence-corrected chi connectivity index (χ0v) is 17.5. The van der Waals surface area contributed by atoms with E-state index < -0.39 is 0 Å². The van der Waals surface area contributed by atoms with Crippen LogP contribution in [0.5, 0.6) is 5.75 Å². The van der Waals surface area contributed by atoms with E-state index in [0.29, 0.717) is 0 Å². The van der Waals surface area contributed by atoms with Crippen molar-refractivity contribution in [1.29, 1.82) is 0 Å². The Bertz CT molecular complexity index is 738. The van der Waals surface area contributed by atoms with Crippen molar-refractivity contribution in [2.24, 2.45) is 0 Å². The Morgan fingerprint density at radius 2 is 1.89 bits per heavy atom. The first-order valence-corrected chi connectivity index (χ1v) is 11.5. The third-order valence-corrected chi connectivity index (χ3v) is 8.05. The van der Waals surface area contributed by atoms with Crippen molar-refractivity contribution >= 4 is 23.7 Å². The van der Waals surface area contributed by atoms with Crippen molar-refractivity contribution in [3.63, 3.8) is 0 Å². The topological polar surface area (TPSA) is 48.9 Å². The van der Waals surface area contributed by atoms with Crippen LogP contribution in [0.25, 0.3) is 0 Å². The van der Waals surface area contributed by atoms with Crippen LogP contribution in [0.2, 0.25) is 0 Å². The van der Waals surface area contributed by atoms with E-state index in [-0.39, 0.29) is 11.5 Å². The number of hydrogen-bond donors (Lipinski definition) is 0. The molecule has 1 amide bonds.